The maximum absolute atomic E-state index is 3.40. The van der Waals surface area contributed by atoms with Gasteiger partial charge in [-0.1, -0.05) is 13.8 Å². The fraction of sp³-hybridized carbons (Fsp3) is 0.733. The van der Waals surface area contributed by atoms with E-state index in [1.165, 1.54) is 28.3 Å². The van der Waals surface area contributed by atoms with Crippen molar-refractivity contribution in [3.63, 3.8) is 0 Å². The van der Waals surface area contributed by atoms with Crippen LogP contribution in [0.5, 0.6) is 0 Å². The molecule has 0 aliphatic carbocycles. The first-order valence-electron chi connectivity index (χ1n) is 7.11. The van der Waals surface area contributed by atoms with Gasteiger partial charge in [0.2, 0.25) is 0 Å². The van der Waals surface area contributed by atoms with E-state index in [1.54, 1.807) is 0 Å². The van der Waals surface area contributed by atoms with E-state index in [2.05, 4.69) is 50.9 Å². The number of nitrogens with one attached hydrogen (secondary N) is 1. The predicted octanol–water partition coefficient (Wildman–Crippen LogP) is 3.79. The van der Waals surface area contributed by atoms with E-state index in [0.717, 1.165) is 19.6 Å². The number of nitrogens with zero attached hydrogens (tertiary/aromatic N) is 1. The van der Waals surface area contributed by atoms with Gasteiger partial charge in [0.15, 0.2) is 0 Å². The van der Waals surface area contributed by atoms with E-state index in [4.69, 9.17) is 0 Å². The Kier molecular flexibility index (Phi) is 6.90. The molecular weight excluding hydrogens is 240 g/mol. The normalized spacial score (nSPS) is 11.7. The van der Waals surface area contributed by atoms with Crippen LogP contribution in [0.1, 0.15) is 49.4 Å². The maximum atomic E-state index is 3.40. The Bertz CT molecular complexity index is 344. The lowest BCUT2D eigenvalue weighted by Gasteiger charge is -2.25. The van der Waals surface area contributed by atoms with Gasteiger partial charge in [-0.05, 0) is 51.9 Å². The van der Waals surface area contributed by atoms with Gasteiger partial charge in [0.1, 0.15) is 0 Å². The molecule has 0 aliphatic heterocycles. The van der Waals surface area contributed by atoms with Gasteiger partial charge in [-0.2, -0.15) is 0 Å². The average Bonchev–Trinajstić information content (AvgIpc) is 2.67. The zero-order chi connectivity index (χ0) is 13.5. The summed E-state index contributed by atoms with van der Waals surface area (Å²) in [5, 5.41) is 3.40. The minimum Gasteiger partial charge on any atom is -0.312 e. The molecule has 0 amide bonds. The smallest absolute Gasteiger partial charge is 0.0299 e. The lowest BCUT2D eigenvalue weighted by molar-refractivity contribution is 0.213. The molecule has 0 unspecified atom stereocenters. The first kappa shape index (κ1) is 15.7. The molecule has 3 heteroatoms. The molecule has 1 N–H and O–H groups in total. The van der Waals surface area contributed by atoms with Crippen LogP contribution in [0.25, 0.3) is 0 Å². The molecule has 18 heavy (non-hydrogen) atoms. The Morgan fingerprint density at radius 2 is 2.06 bits per heavy atom. The van der Waals surface area contributed by atoms with Crippen molar-refractivity contribution >= 4 is 11.3 Å². The summed E-state index contributed by atoms with van der Waals surface area (Å²) in [6.07, 6.45) is 1.23. The van der Waals surface area contributed by atoms with E-state index in [0.29, 0.717) is 6.04 Å². The zero-order valence-electron chi connectivity index (χ0n) is 12.5. The van der Waals surface area contributed by atoms with Crippen LogP contribution < -0.4 is 5.32 Å². The third kappa shape index (κ3) is 4.71. The standard InChI is InChI=1S/C15H28N2S/c1-6-8-17(12(3)4)11-14-9-15(10-16-7-2)18-13(14)5/h9,12,16H,6-8,10-11H2,1-5H3. The van der Waals surface area contributed by atoms with Gasteiger partial charge in [0.05, 0.1) is 0 Å². The Morgan fingerprint density at radius 1 is 1.33 bits per heavy atom. The highest BCUT2D eigenvalue weighted by atomic mass is 32.1. The van der Waals surface area contributed by atoms with E-state index in [9.17, 15) is 0 Å². The molecule has 0 aromatic carbocycles. The van der Waals surface area contributed by atoms with Gasteiger partial charge < -0.3 is 5.32 Å². The Labute approximate surface area is 116 Å². The molecule has 1 aromatic heterocycles. The van der Waals surface area contributed by atoms with Crippen molar-refractivity contribution < 1.29 is 0 Å². The van der Waals surface area contributed by atoms with Crippen molar-refractivity contribution in [3.8, 4) is 0 Å². The van der Waals surface area contributed by atoms with Gasteiger partial charge in [0, 0.05) is 28.9 Å². The SMILES string of the molecule is CCCN(Cc1cc(CNCC)sc1C)C(C)C. The van der Waals surface area contributed by atoms with E-state index in [1.807, 2.05) is 11.3 Å². The van der Waals surface area contributed by atoms with Gasteiger partial charge in [-0.3, -0.25) is 4.90 Å². The molecule has 0 bridgehead atoms. The molecule has 1 heterocycles. The highest BCUT2D eigenvalue weighted by Gasteiger charge is 2.12. The number of hydrogen-bond donors (Lipinski definition) is 1. The second-order valence-corrected chi connectivity index (χ2v) is 6.48. The molecule has 0 spiro atoms. The van der Waals surface area contributed by atoms with Crippen LogP contribution >= 0.6 is 11.3 Å². The van der Waals surface area contributed by atoms with Gasteiger partial charge >= 0.3 is 0 Å². The second kappa shape index (κ2) is 7.93. The van der Waals surface area contributed by atoms with Crippen molar-refractivity contribution in [1.29, 1.82) is 0 Å². The minimum atomic E-state index is 0.626. The highest BCUT2D eigenvalue weighted by molar-refractivity contribution is 7.12. The molecule has 104 valence electrons. The zero-order valence-corrected chi connectivity index (χ0v) is 13.4. The molecule has 1 rings (SSSR count). The fourth-order valence-corrected chi connectivity index (χ4v) is 3.13. The summed E-state index contributed by atoms with van der Waals surface area (Å²) < 4.78 is 0. The van der Waals surface area contributed by atoms with Crippen molar-refractivity contribution in [3.05, 3.63) is 21.4 Å². The minimum absolute atomic E-state index is 0.626. The molecule has 1 aromatic rings. The molecule has 0 saturated carbocycles. The van der Waals surface area contributed by atoms with E-state index < -0.39 is 0 Å². The lowest BCUT2D eigenvalue weighted by Crippen LogP contribution is -2.31. The lowest BCUT2D eigenvalue weighted by atomic mass is 10.2. The third-order valence-corrected chi connectivity index (χ3v) is 4.33. The van der Waals surface area contributed by atoms with Crippen molar-refractivity contribution in [2.75, 3.05) is 13.1 Å². The predicted molar refractivity (Wildman–Crippen MR) is 82.3 cm³/mol. The molecule has 0 aliphatic rings. The third-order valence-electron chi connectivity index (χ3n) is 3.24. The number of rotatable bonds is 8. The van der Waals surface area contributed by atoms with Crippen molar-refractivity contribution in [2.24, 2.45) is 0 Å². The monoisotopic (exact) mass is 268 g/mol. The van der Waals surface area contributed by atoms with Crippen LogP contribution in [0.15, 0.2) is 6.07 Å². The van der Waals surface area contributed by atoms with Gasteiger partial charge in [0.25, 0.3) is 0 Å². The topological polar surface area (TPSA) is 15.3 Å². The Morgan fingerprint density at radius 3 is 2.61 bits per heavy atom. The van der Waals surface area contributed by atoms with E-state index >= 15 is 0 Å². The first-order valence-corrected chi connectivity index (χ1v) is 7.93. The van der Waals surface area contributed by atoms with Crippen LogP contribution in [0.4, 0.5) is 0 Å². The summed E-state index contributed by atoms with van der Waals surface area (Å²) in [4.78, 5) is 5.50. The quantitative estimate of drug-likeness (QED) is 0.772. The Hall–Kier alpha value is -0.380. The summed E-state index contributed by atoms with van der Waals surface area (Å²) in [5.74, 6) is 0. The fourth-order valence-electron chi connectivity index (χ4n) is 2.11. The molecule has 0 atom stereocenters. The summed E-state index contributed by atoms with van der Waals surface area (Å²) in [6.45, 7) is 15.6. The Balaban J connectivity index is 2.67. The van der Waals surface area contributed by atoms with Crippen LogP contribution in [0.2, 0.25) is 0 Å². The first-order chi connectivity index (χ1) is 8.58. The number of aryl methyl sites for hydroxylation is 1. The van der Waals surface area contributed by atoms with Crippen LogP contribution in [0, 0.1) is 6.92 Å². The summed E-state index contributed by atoms with van der Waals surface area (Å²) >= 11 is 1.94. The average molecular weight is 268 g/mol. The van der Waals surface area contributed by atoms with Crippen LogP contribution in [-0.4, -0.2) is 24.0 Å². The summed E-state index contributed by atoms with van der Waals surface area (Å²) in [5.41, 5.74) is 1.51. The largest absolute Gasteiger partial charge is 0.312 e. The van der Waals surface area contributed by atoms with Gasteiger partial charge in [-0.25, -0.2) is 0 Å². The van der Waals surface area contributed by atoms with Gasteiger partial charge in [-0.15, -0.1) is 11.3 Å². The molecular formula is C15H28N2S. The van der Waals surface area contributed by atoms with E-state index in [-0.39, 0.29) is 0 Å². The van der Waals surface area contributed by atoms with Crippen molar-refractivity contribution in [1.82, 2.24) is 10.2 Å². The molecule has 0 fully saturated rings. The van der Waals surface area contributed by atoms with Crippen LogP contribution in [-0.2, 0) is 13.1 Å². The maximum Gasteiger partial charge on any atom is 0.0299 e. The summed E-state index contributed by atoms with van der Waals surface area (Å²) in [7, 11) is 0. The molecule has 2 nitrogen and oxygen atoms in total. The van der Waals surface area contributed by atoms with Crippen LogP contribution in [0.3, 0.4) is 0 Å². The number of thiophene rings is 1. The summed E-state index contributed by atoms with van der Waals surface area (Å²) in [6, 6.07) is 3.01. The second-order valence-electron chi connectivity index (χ2n) is 5.14. The highest BCUT2D eigenvalue weighted by Crippen LogP contribution is 2.23. The molecule has 0 saturated heterocycles. The number of hydrogen-bond acceptors (Lipinski definition) is 3. The van der Waals surface area contributed by atoms with Crippen molar-refractivity contribution in [2.45, 2.75) is 60.2 Å². The molecule has 0 radical (unpaired) electrons.